The lowest BCUT2D eigenvalue weighted by Gasteiger charge is -2.25. The maximum atomic E-state index is 5.21. The predicted octanol–water partition coefficient (Wildman–Crippen LogP) is 0.738. The second-order valence-electron chi connectivity index (χ2n) is 2.23. The fourth-order valence-corrected chi connectivity index (χ4v) is 0.919. The van der Waals surface area contributed by atoms with Crippen molar-refractivity contribution in [3.05, 3.63) is 24.3 Å². The minimum Gasteiger partial charge on any atom is -0.372 e. The van der Waals surface area contributed by atoms with Crippen LogP contribution in [0.1, 0.15) is 18.2 Å². The molecule has 0 spiro atoms. The average Bonchev–Trinajstić information content (AvgIpc) is 1.86. The van der Waals surface area contributed by atoms with E-state index in [-0.39, 0.29) is 6.10 Å². The van der Waals surface area contributed by atoms with Crippen molar-refractivity contribution in [2.75, 3.05) is 6.61 Å². The van der Waals surface area contributed by atoms with Crippen LogP contribution in [0.5, 0.6) is 0 Å². The third kappa shape index (κ3) is 0.885. The zero-order valence-electron chi connectivity index (χ0n) is 5.45. The molecule has 1 atom stereocenters. The summed E-state index contributed by atoms with van der Waals surface area (Å²) in [6, 6.07) is 1.86. The van der Waals surface area contributed by atoms with Gasteiger partial charge < -0.3 is 4.74 Å². The van der Waals surface area contributed by atoms with Gasteiger partial charge in [-0.2, -0.15) is 0 Å². The molecule has 1 aliphatic rings. The standard InChI is InChI=1S/C7H7N2O/c1-3-8-5-9-6(1)7-2-4-10-7/h1,3,7H,2,4H2. The van der Waals surface area contributed by atoms with E-state index in [4.69, 9.17) is 4.74 Å². The van der Waals surface area contributed by atoms with Crippen LogP contribution in [0.25, 0.3) is 0 Å². The number of rotatable bonds is 1. The summed E-state index contributed by atoms with van der Waals surface area (Å²) in [5.41, 5.74) is 0.946. The Morgan fingerprint density at radius 2 is 2.60 bits per heavy atom. The van der Waals surface area contributed by atoms with Gasteiger partial charge in [-0.25, -0.2) is 9.97 Å². The summed E-state index contributed by atoms with van der Waals surface area (Å²) in [6.07, 6.45) is 5.50. The second kappa shape index (κ2) is 2.34. The third-order valence-corrected chi connectivity index (χ3v) is 1.59. The molecule has 0 amide bonds. The molecule has 1 aromatic heterocycles. The van der Waals surface area contributed by atoms with Gasteiger partial charge in [-0.05, 0) is 6.07 Å². The number of hydrogen-bond donors (Lipinski definition) is 0. The van der Waals surface area contributed by atoms with E-state index in [1.165, 1.54) is 0 Å². The van der Waals surface area contributed by atoms with Crippen molar-refractivity contribution in [1.82, 2.24) is 9.97 Å². The molecule has 10 heavy (non-hydrogen) atoms. The lowest BCUT2D eigenvalue weighted by Crippen LogP contribution is -2.19. The number of ether oxygens (including phenoxy) is 1. The molecule has 1 radical (unpaired) electrons. The Morgan fingerprint density at radius 3 is 3.10 bits per heavy atom. The van der Waals surface area contributed by atoms with Crippen LogP contribution < -0.4 is 0 Å². The van der Waals surface area contributed by atoms with Gasteiger partial charge in [0.25, 0.3) is 0 Å². The van der Waals surface area contributed by atoms with Crippen molar-refractivity contribution in [2.24, 2.45) is 0 Å². The minimum atomic E-state index is 0.208. The molecule has 1 unspecified atom stereocenters. The summed E-state index contributed by atoms with van der Waals surface area (Å²) < 4.78 is 5.21. The summed E-state index contributed by atoms with van der Waals surface area (Å²) in [6.45, 7) is 0.856. The number of nitrogens with zero attached hydrogens (tertiary/aromatic N) is 2. The van der Waals surface area contributed by atoms with Crippen LogP contribution >= 0.6 is 0 Å². The number of hydrogen-bond acceptors (Lipinski definition) is 3. The second-order valence-corrected chi connectivity index (χ2v) is 2.23. The molecule has 1 fully saturated rings. The van der Waals surface area contributed by atoms with Gasteiger partial charge in [0.15, 0.2) is 6.33 Å². The molecular weight excluding hydrogens is 128 g/mol. The smallest absolute Gasteiger partial charge is 0.198 e. The van der Waals surface area contributed by atoms with Crippen molar-refractivity contribution in [2.45, 2.75) is 12.5 Å². The van der Waals surface area contributed by atoms with E-state index in [1.54, 1.807) is 6.20 Å². The van der Waals surface area contributed by atoms with Gasteiger partial charge in [0.2, 0.25) is 0 Å². The highest BCUT2D eigenvalue weighted by Gasteiger charge is 2.20. The highest BCUT2D eigenvalue weighted by molar-refractivity contribution is 5.03. The monoisotopic (exact) mass is 135 g/mol. The van der Waals surface area contributed by atoms with Crippen molar-refractivity contribution < 1.29 is 4.74 Å². The van der Waals surface area contributed by atoms with Gasteiger partial charge in [-0.15, -0.1) is 0 Å². The van der Waals surface area contributed by atoms with Crippen LogP contribution in [-0.4, -0.2) is 16.6 Å². The topological polar surface area (TPSA) is 35.0 Å². The summed E-state index contributed by atoms with van der Waals surface area (Å²) in [4.78, 5) is 7.63. The molecule has 1 aromatic rings. The van der Waals surface area contributed by atoms with Crippen LogP contribution in [0.2, 0.25) is 0 Å². The third-order valence-electron chi connectivity index (χ3n) is 1.59. The minimum absolute atomic E-state index is 0.208. The summed E-state index contributed by atoms with van der Waals surface area (Å²) in [5.74, 6) is 0. The van der Waals surface area contributed by atoms with Crippen molar-refractivity contribution in [3.63, 3.8) is 0 Å². The zero-order valence-corrected chi connectivity index (χ0v) is 5.45. The van der Waals surface area contributed by atoms with Gasteiger partial charge in [0, 0.05) is 12.6 Å². The molecule has 0 aliphatic carbocycles. The van der Waals surface area contributed by atoms with Crippen LogP contribution in [0, 0.1) is 6.33 Å². The molecule has 0 saturated carbocycles. The Balaban J connectivity index is 2.18. The van der Waals surface area contributed by atoms with Gasteiger partial charge in [0.1, 0.15) is 6.10 Å². The van der Waals surface area contributed by atoms with E-state index in [1.807, 2.05) is 6.07 Å². The normalized spacial score (nSPS) is 23.8. The van der Waals surface area contributed by atoms with Crippen molar-refractivity contribution in [1.29, 1.82) is 0 Å². The Kier molecular flexibility index (Phi) is 1.36. The molecule has 0 bridgehead atoms. The lowest BCUT2D eigenvalue weighted by atomic mass is 10.1. The highest BCUT2D eigenvalue weighted by Crippen LogP contribution is 2.26. The van der Waals surface area contributed by atoms with Crippen LogP contribution in [0.4, 0.5) is 0 Å². The van der Waals surface area contributed by atoms with E-state index in [2.05, 4.69) is 16.3 Å². The van der Waals surface area contributed by atoms with Crippen LogP contribution in [0.15, 0.2) is 12.3 Å². The Hall–Kier alpha value is -0.960. The highest BCUT2D eigenvalue weighted by atomic mass is 16.5. The zero-order chi connectivity index (χ0) is 6.81. The summed E-state index contributed by atoms with van der Waals surface area (Å²) in [5, 5.41) is 0. The maximum Gasteiger partial charge on any atom is 0.198 e. The average molecular weight is 135 g/mol. The molecule has 51 valence electrons. The molecular formula is C7H7N2O. The van der Waals surface area contributed by atoms with Gasteiger partial charge in [0.05, 0.1) is 12.3 Å². The van der Waals surface area contributed by atoms with E-state index >= 15 is 0 Å². The van der Waals surface area contributed by atoms with E-state index < -0.39 is 0 Å². The quantitative estimate of drug-likeness (QED) is 0.569. The molecule has 3 nitrogen and oxygen atoms in total. The molecule has 1 aliphatic heterocycles. The van der Waals surface area contributed by atoms with Crippen LogP contribution in [0.3, 0.4) is 0 Å². The molecule has 2 heterocycles. The fourth-order valence-electron chi connectivity index (χ4n) is 0.919. The van der Waals surface area contributed by atoms with E-state index in [0.29, 0.717) is 0 Å². The van der Waals surface area contributed by atoms with Crippen LogP contribution in [-0.2, 0) is 4.74 Å². The van der Waals surface area contributed by atoms with Crippen molar-refractivity contribution >= 4 is 0 Å². The largest absolute Gasteiger partial charge is 0.372 e. The first-order valence-electron chi connectivity index (χ1n) is 3.27. The first-order valence-corrected chi connectivity index (χ1v) is 3.27. The summed E-state index contributed by atoms with van der Waals surface area (Å²) in [7, 11) is 0. The van der Waals surface area contributed by atoms with E-state index in [9.17, 15) is 0 Å². The van der Waals surface area contributed by atoms with Gasteiger partial charge in [-0.1, -0.05) is 0 Å². The Morgan fingerprint density at radius 1 is 1.70 bits per heavy atom. The fraction of sp³-hybridized carbons (Fsp3) is 0.429. The molecule has 0 aromatic carbocycles. The van der Waals surface area contributed by atoms with Crippen molar-refractivity contribution in [3.8, 4) is 0 Å². The first-order chi connectivity index (χ1) is 4.97. The van der Waals surface area contributed by atoms with Gasteiger partial charge >= 0.3 is 0 Å². The van der Waals surface area contributed by atoms with Gasteiger partial charge in [-0.3, -0.25) is 0 Å². The Labute approximate surface area is 59.1 Å². The SMILES string of the molecule is [c]1nccc(C2CCO2)n1. The predicted molar refractivity (Wildman–Crippen MR) is 34.2 cm³/mol. The maximum absolute atomic E-state index is 5.21. The Bertz CT molecular complexity index is 208. The molecule has 3 heteroatoms. The summed E-state index contributed by atoms with van der Waals surface area (Å²) >= 11 is 0. The first kappa shape index (κ1) is 5.80. The number of aromatic nitrogens is 2. The molecule has 0 N–H and O–H groups in total. The molecule has 1 saturated heterocycles. The lowest BCUT2D eigenvalue weighted by molar-refractivity contribution is -0.0553. The van der Waals surface area contributed by atoms with E-state index in [0.717, 1.165) is 18.7 Å². The molecule has 2 rings (SSSR count).